The summed E-state index contributed by atoms with van der Waals surface area (Å²) in [4.78, 5) is 17.5. The fourth-order valence-corrected chi connectivity index (χ4v) is 2.72. The van der Waals surface area contributed by atoms with Gasteiger partial charge in [-0.15, -0.1) is 0 Å². The van der Waals surface area contributed by atoms with Gasteiger partial charge in [0.1, 0.15) is 5.82 Å². The molecule has 2 aromatic rings. The maximum Gasteiger partial charge on any atom is 0.223 e. The Hall–Kier alpha value is -1.92. The van der Waals surface area contributed by atoms with Gasteiger partial charge < -0.3 is 19.3 Å². The van der Waals surface area contributed by atoms with E-state index in [4.69, 9.17) is 9.84 Å². The van der Waals surface area contributed by atoms with Crippen LogP contribution in [-0.2, 0) is 23.0 Å². The largest absolute Gasteiger partial charge is 0.397 e. The van der Waals surface area contributed by atoms with Crippen LogP contribution in [-0.4, -0.2) is 47.9 Å². The van der Waals surface area contributed by atoms with Gasteiger partial charge in [-0.3, -0.25) is 4.79 Å². The molecule has 1 aromatic carbocycles. The molecule has 1 aromatic heterocycles. The molecule has 1 heterocycles. The highest BCUT2D eigenvalue weighted by Gasteiger charge is 2.10. The number of fused-ring (bicyclic) bond motifs is 1. The fraction of sp³-hybridized carbons (Fsp3) is 0.652. The summed E-state index contributed by atoms with van der Waals surface area (Å²) in [6.07, 6.45) is 4.72. The summed E-state index contributed by atoms with van der Waals surface area (Å²) in [6, 6.07) is 5.91. The lowest BCUT2D eigenvalue weighted by Gasteiger charge is -2.14. The molecule has 2 rings (SSSR count). The summed E-state index contributed by atoms with van der Waals surface area (Å²) in [7, 11) is 5.55. The standard InChI is InChI=1S/C13H17N3O.C8H18O.C2H6O/c1-5-13-14-11-8-10(15(3)9(2)17)6-7-12(11)16(13)4;1-4-8(2)6-5-7-9-3;1-2-3/h6-8H,5H2,1-4H3;8H,4-7H2,1-3H3;3H,2H2,1H3. The summed E-state index contributed by atoms with van der Waals surface area (Å²) >= 11 is 0. The van der Waals surface area contributed by atoms with E-state index in [2.05, 4.69) is 30.3 Å². The molecule has 6 nitrogen and oxygen atoms in total. The SMILES string of the molecule is CCC(C)CCCOC.CCO.CCc1nc2cc(N(C)C(C)=O)ccc2n1C. The van der Waals surface area contributed by atoms with Crippen LogP contribution in [0.1, 0.15) is 59.7 Å². The summed E-state index contributed by atoms with van der Waals surface area (Å²) in [6.45, 7) is 11.0. The normalized spacial score (nSPS) is 11.2. The molecule has 0 aliphatic rings. The van der Waals surface area contributed by atoms with Gasteiger partial charge in [-0.2, -0.15) is 0 Å². The number of carbonyl (C=O) groups excluding carboxylic acids is 1. The van der Waals surface area contributed by atoms with Crippen LogP contribution in [0.2, 0.25) is 0 Å². The molecule has 0 bridgehead atoms. The van der Waals surface area contributed by atoms with Crippen molar-refractivity contribution < 1.29 is 14.6 Å². The molecule has 1 atom stereocenters. The lowest BCUT2D eigenvalue weighted by Crippen LogP contribution is -2.22. The van der Waals surface area contributed by atoms with Gasteiger partial charge in [0, 0.05) is 53.5 Å². The fourth-order valence-electron chi connectivity index (χ4n) is 2.72. The third-order valence-electron chi connectivity index (χ3n) is 4.88. The number of benzene rings is 1. The van der Waals surface area contributed by atoms with Crippen LogP contribution in [0.5, 0.6) is 0 Å². The van der Waals surface area contributed by atoms with Gasteiger partial charge in [-0.25, -0.2) is 4.98 Å². The monoisotopic (exact) mass is 407 g/mol. The summed E-state index contributed by atoms with van der Waals surface area (Å²) in [5.41, 5.74) is 2.92. The number of aromatic nitrogens is 2. The smallest absolute Gasteiger partial charge is 0.223 e. The summed E-state index contributed by atoms with van der Waals surface area (Å²) in [5, 5.41) is 7.57. The second-order valence-electron chi connectivity index (χ2n) is 7.16. The second-order valence-corrected chi connectivity index (χ2v) is 7.16. The quantitative estimate of drug-likeness (QED) is 0.682. The number of carbonyl (C=O) groups is 1. The van der Waals surface area contributed by atoms with Crippen molar-refractivity contribution >= 4 is 22.6 Å². The van der Waals surface area contributed by atoms with E-state index in [1.54, 1.807) is 32.9 Å². The number of methoxy groups -OCH3 is 1. The third-order valence-corrected chi connectivity index (χ3v) is 4.88. The van der Waals surface area contributed by atoms with Crippen molar-refractivity contribution in [3.05, 3.63) is 24.0 Å². The van der Waals surface area contributed by atoms with E-state index in [9.17, 15) is 4.79 Å². The van der Waals surface area contributed by atoms with Gasteiger partial charge in [0.05, 0.1) is 11.0 Å². The highest BCUT2D eigenvalue weighted by Crippen LogP contribution is 2.22. The van der Waals surface area contributed by atoms with Crippen LogP contribution in [0, 0.1) is 5.92 Å². The van der Waals surface area contributed by atoms with Crippen LogP contribution in [0.3, 0.4) is 0 Å². The molecule has 1 amide bonds. The summed E-state index contributed by atoms with van der Waals surface area (Å²) in [5.74, 6) is 1.96. The first-order chi connectivity index (χ1) is 13.8. The first-order valence-electron chi connectivity index (χ1n) is 10.6. The number of ether oxygens (including phenoxy) is 1. The highest BCUT2D eigenvalue weighted by atomic mass is 16.5. The predicted octanol–water partition coefficient (Wildman–Crippen LogP) is 4.58. The van der Waals surface area contributed by atoms with Crippen LogP contribution >= 0.6 is 0 Å². The molecule has 0 radical (unpaired) electrons. The van der Waals surface area contributed by atoms with Gasteiger partial charge in [-0.1, -0.05) is 27.2 Å². The third kappa shape index (κ3) is 9.41. The minimum Gasteiger partial charge on any atom is -0.397 e. The first-order valence-corrected chi connectivity index (χ1v) is 10.6. The Kier molecular flexibility index (Phi) is 14.0. The van der Waals surface area contributed by atoms with Crippen molar-refractivity contribution in [3.8, 4) is 0 Å². The first kappa shape index (κ1) is 27.1. The Labute approximate surface area is 176 Å². The summed E-state index contributed by atoms with van der Waals surface area (Å²) < 4.78 is 7.03. The predicted molar refractivity (Wildman–Crippen MR) is 123 cm³/mol. The van der Waals surface area contributed by atoms with E-state index in [-0.39, 0.29) is 12.5 Å². The zero-order chi connectivity index (χ0) is 22.4. The molecule has 0 fully saturated rings. The number of aliphatic hydroxyl groups excluding tert-OH is 1. The van der Waals surface area contributed by atoms with Gasteiger partial charge in [0.15, 0.2) is 0 Å². The molecule has 1 unspecified atom stereocenters. The van der Waals surface area contributed by atoms with Crippen molar-refractivity contribution in [3.63, 3.8) is 0 Å². The van der Waals surface area contributed by atoms with Gasteiger partial charge in [0.2, 0.25) is 5.91 Å². The molecule has 0 aliphatic carbocycles. The van der Waals surface area contributed by atoms with E-state index < -0.39 is 0 Å². The van der Waals surface area contributed by atoms with Crippen molar-refractivity contribution in [2.24, 2.45) is 13.0 Å². The minimum atomic E-state index is 0.0241. The van der Waals surface area contributed by atoms with E-state index in [1.807, 2.05) is 25.2 Å². The molecule has 29 heavy (non-hydrogen) atoms. The number of hydrogen-bond donors (Lipinski definition) is 1. The lowest BCUT2D eigenvalue weighted by molar-refractivity contribution is -0.116. The Morgan fingerprint density at radius 1 is 1.31 bits per heavy atom. The number of aliphatic hydroxyl groups is 1. The van der Waals surface area contributed by atoms with E-state index >= 15 is 0 Å². The van der Waals surface area contributed by atoms with Crippen molar-refractivity contribution in [1.29, 1.82) is 0 Å². The number of imidazole rings is 1. The molecule has 1 N–H and O–H groups in total. The molecular weight excluding hydrogens is 366 g/mol. The Morgan fingerprint density at radius 2 is 1.93 bits per heavy atom. The van der Waals surface area contributed by atoms with Gasteiger partial charge in [0.25, 0.3) is 0 Å². The van der Waals surface area contributed by atoms with Crippen LogP contribution in [0.4, 0.5) is 5.69 Å². The average molecular weight is 408 g/mol. The van der Waals surface area contributed by atoms with Crippen LogP contribution < -0.4 is 4.90 Å². The van der Waals surface area contributed by atoms with Crippen LogP contribution in [0.15, 0.2) is 18.2 Å². The van der Waals surface area contributed by atoms with Gasteiger partial charge >= 0.3 is 0 Å². The number of aryl methyl sites for hydroxylation is 2. The number of anilines is 1. The number of nitrogens with zero attached hydrogens (tertiary/aromatic N) is 3. The second kappa shape index (κ2) is 15.0. The molecule has 166 valence electrons. The Balaban J connectivity index is 0.000000554. The average Bonchev–Trinajstić information content (AvgIpc) is 3.03. The zero-order valence-corrected chi connectivity index (χ0v) is 19.7. The maximum absolute atomic E-state index is 11.3. The number of rotatable bonds is 7. The van der Waals surface area contributed by atoms with Crippen LogP contribution in [0.25, 0.3) is 11.0 Å². The number of amides is 1. The molecular formula is C23H41N3O3. The maximum atomic E-state index is 11.3. The molecule has 0 aliphatic heterocycles. The van der Waals surface area contributed by atoms with Crippen molar-refractivity contribution in [1.82, 2.24) is 9.55 Å². The molecule has 0 spiro atoms. The molecule has 0 saturated heterocycles. The molecule has 6 heteroatoms. The zero-order valence-electron chi connectivity index (χ0n) is 19.7. The lowest BCUT2D eigenvalue weighted by atomic mass is 10.0. The molecule has 0 saturated carbocycles. The van der Waals surface area contributed by atoms with E-state index in [1.165, 1.54) is 19.3 Å². The van der Waals surface area contributed by atoms with Crippen molar-refractivity contribution in [2.75, 3.05) is 32.3 Å². The number of hydrogen-bond acceptors (Lipinski definition) is 4. The van der Waals surface area contributed by atoms with Gasteiger partial charge in [-0.05, 0) is 43.9 Å². The van der Waals surface area contributed by atoms with Crippen molar-refractivity contribution in [2.45, 2.75) is 60.3 Å². The Morgan fingerprint density at radius 3 is 2.41 bits per heavy atom. The highest BCUT2D eigenvalue weighted by molar-refractivity contribution is 5.93. The minimum absolute atomic E-state index is 0.0241. The van der Waals surface area contributed by atoms with E-state index in [0.29, 0.717) is 0 Å². The Bertz CT molecular complexity index is 713. The van der Waals surface area contributed by atoms with E-state index in [0.717, 1.165) is 41.5 Å². The topological polar surface area (TPSA) is 67.6 Å².